The highest BCUT2D eigenvalue weighted by Gasteiger charge is 2.21. The molecule has 3 rings (SSSR count). The molecule has 1 aliphatic rings. The standard InChI is InChI=1S/C14H14BNO3.ClH/c17-15(18)11-7-5-10(6-8-11)14-9-16-12-3-1-2-4-13(12)19-14;/h1-8,14,16-18H,9H2;1H. The van der Waals surface area contributed by atoms with Gasteiger partial charge in [0, 0.05) is 0 Å². The van der Waals surface area contributed by atoms with Gasteiger partial charge in [-0.3, -0.25) is 0 Å². The zero-order valence-corrected chi connectivity index (χ0v) is 11.5. The highest BCUT2D eigenvalue weighted by Crippen LogP contribution is 2.33. The summed E-state index contributed by atoms with van der Waals surface area (Å²) in [5.74, 6) is 0.838. The topological polar surface area (TPSA) is 61.7 Å². The second kappa shape index (κ2) is 6.18. The molecule has 104 valence electrons. The second-order valence-electron chi connectivity index (χ2n) is 4.52. The maximum Gasteiger partial charge on any atom is 0.488 e. The molecule has 2 aromatic rings. The van der Waals surface area contributed by atoms with Crippen LogP contribution in [-0.4, -0.2) is 23.7 Å². The lowest BCUT2D eigenvalue weighted by atomic mass is 9.80. The van der Waals surface area contributed by atoms with Gasteiger partial charge >= 0.3 is 7.12 Å². The van der Waals surface area contributed by atoms with Gasteiger partial charge in [0.1, 0.15) is 11.9 Å². The minimum Gasteiger partial charge on any atom is -0.482 e. The Morgan fingerprint density at radius 2 is 1.75 bits per heavy atom. The second-order valence-corrected chi connectivity index (χ2v) is 4.52. The monoisotopic (exact) mass is 291 g/mol. The van der Waals surface area contributed by atoms with Crippen LogP contribution in [0.1, 0.15) is 11.7 Å². The third-order valence-electron chi connectivity index (χ3n) is 3.24. The summed E-state index contributed by atoms with van der Waals surface area (Å²) < 4.78 is 5.93. The molecule has 1 heterocycles. The number of nitrogens with one attached hydrogen (secondary N) is 1. The van der Waals surface area contributed by atoms with Crippen molar-refractivity contribution < 1.29 is 14.8 Å². The van der Waals surface area contributed by atoms with Crippen LogP contribution in [-0.2, 0) is 0 Å². The Labute approximate surface area is 124 Å². The van der Waals surface area contributed by atoms with E-state index < -0.39 is 7.12 Å². The summed E-state index contributed by atoms with van der Waals surface area (Å²) in [4.78, 5) is 0. The average Bonchev–Trinajstić information content (AvgIpc) is 2.47. The van der Waals surface area contributed by atoms with Crippen LogP contribution >= 0.6 is 12.4 Å². The maximum atomic E-state index is 9.07. The van der Waals surface area contributed by atoms with Crippen molar-refractivity contribution in [1.29, 1.82) is 0 Å². The molecule has 0 bridgehead atoms. The molecule has 1 unspecified atom stereocenters. The van der Waals surface area contributed by atoms with Crippen LogP contribution in [0.5, 0.6) is 5.75 Å². The van der Waals surface area contributed by atoms with Crippen LogP contribution in [0.3, 0.4) is 0 Å². The Kier molecular flexibility index (Phi) is 4.55. The Morgan fingerprint density at radius 3 is 2.45 bits per heavy atom. The summed E-state index contributed by atoms with van der Waals surface area (Å²) in [6.07, 6.45) is -0.0696. The first kappa shape index (κ1) is 14.7. The van der Waals surface area contributed by atoms with Crippen molar-refractivity contribution in [1.82, 2.24) is 0 Å². The zero-order chi connectivity index (χ0) is 13.2. The molecule has 0 aliphatic carbocycles. The SMILES string of the molecule is Cl.OB(O)c1ccc(C2CNc3ccccc3O2)cc1. The van der Waals surface area contributed by atoms with Gasteiger partial charge < -0.3 is 20.1 Å². The van der Waals surface area contributed by atoms with Crippen LogP contribution in [0, 0.1) is 0 Å². The molecule has 20 heavy (non-hydrogen) atoms. The molecule has 0 fully saturated rings. The lowest BCUT2D eigenvalue weighted by Crippen LogP contribution is -2.30. The number of hydrogen-bond donors (Lipinski definition) is 3. The van der Waals surface area contributed by atoms with Gasteiger partial charge in [0.05, 0.1) is 12.2 Å². The summed E-state index contributed by atoms with van der Waals surface area (Å²) >= 11 is 0. The smallest absolute Gasteiger partial charge is 0.482 e. The first-order chi connectivity index (χ1) is 9.24. The minimum atomic E-state index is -1.43. The van der Waals surface area contributed by atoms with Crippen molar-refractivity contribution in [2.75, 3.05) is 11.9 Å². The van der Waals surface area contributed by atoms with Crippen LogP contribution in [0.25, 0.3) is 0 Å². The molecule has 1 atom stereocenters. The first-order valence-corrected chi connectivity index (χ1v) is 6.19. The van der Waals surface area contributed by atoms with Crippen LogP contribution in [0.2, 0.25) is 0 Å². The molecule has 2 aromatic carbocycles. The summed E-state index contributed by atoms with van der Waals surface area (Å²) in [5, 5.41) is 21.5. The highest BCUT2D eigenvalue weighted by molar-refractivity contribution is 6.58. The average molecular weight is 292 g/mol. The van der Waals surface area contributed by atoms with Crippen molar-refractivity contribution in [3.63, 3.8) is 0 Å². The van der Waals surface area contributed by atoms with E-state index in [-0.39, 0.29) is 18.5 Å². The van der Waals surface area contributed by atoms with Crippen molar-refractivity contribution in [2.24, 2.45) is 0 Å². The zero-order valence-electron chi connectivity index (χ0n) is 10.7. The van der Waals surface area contributed by atoms with Crippen molar-refractivity contribution in [3.05, 3.63) is 54.1 Å². The predicted octanol–water partition coefficient (Wildman–Crippen LogP) is 1.33. The summed E-state index contributed by atoms with van der Waals surface area (Å²) in [6.45, 7) is 0.692. The van der Waals surface area contributed by atoms with Crippen LogP contribution in [0.4, 0.5) is 5.69 Å². The van der Waals surface area contributed by atoms with E-state index >= 15 is 0 Å². The fraction of sp³-hybridized carbons (Fsp3) is 0.143. The van der Waals surface area contributed by atoms with E-state index in [0.717, 1.165) is 17.0 Å². The molecule has 1 aliphatic heterocycles. The quantitative estimate of drug-likeness (QED) is 0.731. The molecule has 3 N–H and O–H groups in total. The van der Waals surface area contributed by atoms with Gasteiger partial charge in [-0.1, -0.05) is 36.4 Å². The Bertz CT molecular complexity index is 577. The highest BCUT2D eigenvalue weighted by atomic mass is 35.5. The minimum absolute atomic E-state index is 0. The van der Waals surface area contributed by atoms with E-state index in [4.69, 9.17) is 14.8 Å². The third kappa shape index (κ3) is 2.90. The summed E-state index contributed by atoms with van der Waals surface area (Å²) in [5.41, 5.74) is 2.49. The number of halogens is 1. The summed E-state index contributed by atoms with van der Waals surface area (Å²) in [6, 6.07) is 14.9. The molecule has 4 nitrogen and oxygen atoms in total. The normalized spacial score (nSPS) is 16.2. The Morgan fingerprint density at radius 1 is 1.05 bits per heavy atom. The van der Waals surface area contributed by atoms with Gasteiger partial charge in [-0.2, -0.15) is 0 Å². The van der Waals surface area contributed by atoms with Crippen molar-refractivity contribution in [3.8, 4) is 5.75 Å². The fourth-order valence-corrected chi connectivity index (χ4v) is 2.18. The number of anilines is 1. The fourth-order valence-electron chi connectivity index (χ4n) is 2.18. The maximum absolute atomic E-state index is 9.07. The van der Waals surface area contributed by atoms with Gasteiger partial charge in [-0.05, 0) is 23.2 Å². The lowest BCUT2D eigenvalue weighted by Gasteiger charge is -2.27. The van der Waals surface area contributed by atoms with Crippen molar-refractivity contribution in [2.45, 2.75) is 6.10 Å². The van der Waals surface area contributed by atoms with Gasteiger partial charge in [-0.25, -0.2) is 0 Å². The summed E-state index contributed by atoms with van der Waals surface area (Å²) in [7, 11) is -1.43. The molecule has 0 saturated heterocycles. The van der Waals surface area contributed by atoms with Crippen molar-refractivity contribution >= 4 is 30.7 Å². The van der Waals surface area contributed by atoms with E-state index in [1.54, 1.807) is 12.1 Å². The Hall–Kier alpha value is -1.69. The number of ether oxygens (including phenoxy) is 1. The predicted molar refractivity (Wildman–Crippen MR) is 81.8 cm³/mol. The van der Waals surface area contributed by atoms with E-state index in [0.29, 0.717) is 12.0 Å². The third-order valence-corrected chi connectivity index (χ3v) is 3.24. The van der Waals surface area contributed by atoms with Gasteiger partial charge in [-0.15, -0.1) is 12.4 Å². The number of hydrogen-bond acceptors (Lipinski definition) is 4. The molecule has 6 heteroatoms. The van der Waals surface area contributed by atoms with E-state index in [2.05, 4.69) is 5.32 Å². The van der Waals surface area contributed by atoms with Gasteiger partial charge in [0.15, 0.2) is 0 Å². The largest absolute Gasteiger partial charge is 0.488 e. The van der Waals surface area contributed by atoms with E-state index in [9.17, 15) is 0 Å². The van der Waals surface area contributed by atoms with Crippen LogP contribution < -0.4 is 15.5 Å². The first-order valence-electron chi connectivity index (χ1n) is 6.19. The number of para-hydroxylation sites is 2. The molecule has 0 spiro atoms. The van der Waals surface area contributed by atoms with Crippen LogP contribution in [0.15, 0.2) is 48.5 Å². The number of benzene rings is 2. The molecule has 0 radical (unpaired) electrons. The number of fused-ring (bicyclic) bond motifs is 1. The molecule has 0 amide bonds. The molecule has 0 aromatic heterocycles. The lowest BCUT2D eigenvalue weighted by molar-refractivity contribution is 0.210. The van der Waals surface area contributed by atoms with E-state index in [1.165, 1.54) is 0 Å². The molecular formula is C14H15BClNO3. The Balaban J connectivity index is 0.00000147. The van der Waals surface area contributed by atoms with E-state index in [1.807, 2.05) is 36.4 Å². The van der Waals surface area contributed by atoms with Gasteiger partial charge in [0.2, 0.25) is 0 Å². The molecule has 0 saturated carbocycles. The number of rotatable bonds is 2. The van der Waals surface area contributed by atoms with Gasteiger partial charge in [0.25, 0.3) is 0 Å². The molecular weight excluding hydrogens is 276 g/mol.